The molecule has 0 radical (unpaired) electrons. The van der Waals surface area contributed by atoms with Gasteiger partial charge >= 0.3 is 0 Å². The van der Waals surface area contributed by atoms with Crippen LogP contribution in [0, 0.1) is 5.92 Å². The fourth-order valence-corrected chi connectivity index (χ4v) is 3.13. The minimum absolute atomic E-state index is 0.199. The molecule has 4 heteroatoms. The largest absolute Gasteiger partial charge is 0.170 e. The summed E-state index contributed by atoms with van der Waals surface area (Å²) in [5.41, 5.74) is 1.90. The number of hydrogen-bond acceptors (Lipinski definition) is 3. The minimum Gasteiger partial charge on any atom is -0.170 e. The highest BCUT2D eigenvalue weighted by atomic mass is 32.2. The lowest BCUT2D eigenvalue weighted by molar-refractivity contribution is 0.428. The smallest absolute Gasteiger partial charge is 0.124 e. The van der Waals surface area contributed by atoms with Crippen molar-refractivity contribution in [3.63, 3.8) is 0 Å². The number of nitrogens with zero attached hydrogens (tertiary/aromatic N) is 3. The van der Waals surface area contributed by atoms with Gasteiger partial charge < -0.3 is 0 Å². The Morgan fingerprint density at radius 2 is 1.40 bits per heavy atom. The summed E-state index contributed by atoms with van der Waals surface area (Å²) < 4.78 is 0. The Hall–Kier alpha value is -1.81. The predicted molar refractivity (Wildman–Crippen MR) is 83.7 cm³/mol. The Balaban J connectivity index is 1.94. The molecular weight excluding hydrogens is 266 g/mol. The molecular formula is C16H17N3S. The van der Waals surface area contributed by atoms with E-state index in [0.717, 1.165) is 11.0 Å². The van der Waals surface area contributed by atoms with Gasteiger partial charge in [-0.1, -0.05) is 55.9 Å². The average Bonchev–Trinajstić information content (AvgIpc) is 2.89. The number of benzene rings is 2. The van der Waals surface area contributed by atoms with Gasteiger partial charge in [0.25, 0.3) is 0 Å². The van der Waals surface area contributed by atoms with Crippen LogP contribution in [0.2, 0.25) is 0 Å². The average molecular weight is 283 g/mol. The van der Waals surface area contributed by atoms with Gasteiger partial charge in [-0.05, 0) is 30.2 Å². The van der Waals surface area contributed by atoms with Gasteiger partial charge in [-0.15, -0.1) is 0 Å². The number of thioether (sulfide) groups is 1. The Morgan fingerprint density at radius 3 is 1.95 bits per heavy atom. The van der Waals surface area contributed by atoms with Gasteiger partial charge in [0.1, 0.15) is 16.4 Å². The first kappa shape index (κ1) is 13.2. The fraction of sp³-hybridized carbons (Fsp3) is 0.250. The second-order valence-electron chi connectivity index (χ2n) is 5.07. The van der Waals surface area contributed by atoms with E-state index < -0.39 is 0 Å². The van der Waals surface area contributed by atoms with Crippen molar-refractivity contribution >= 4 is 22.8 Å². The van der Waals surface area contributed by atoms with Crippen molar-refractivity contribution in [3.8, 4) is 0 Å². The van der Waals surface area contributed by atoms with Crippen LogP contribution in [0.25, 0.3) is 11.0 Å². The van der Waals surface area contributed by atoms with Crippen molar-refractivity contribution < 1.29 is 0 Å². The van der Waals surface area contributed by atoms with Gasteiger partial charge in [-0.2, -0.15) is 15.0 Å². The Kier molecular flexibility index (Phi) is 3.74. The van der Waals surface area contributed by atoms with Crippen molar-refractivity contribution in [3.05, 3.63) is 54.6 Å². The van der Waals surface area contributed by atoms with E-state index >= 15 is 0 Å². The summed E-state index contributed by atoms with van der Waals surface area (Å²) in [6.07, 6.45) is 0. The zero-order chi connectivity index (χ0) is 13.9. The summed E-state index contributed by atoms with van der Waals surface area (Å²) in [5.74, 6) is 0.446. The normalized spacial score (nSPS) is 12.9. The predicted octanol–water partition coefficient (Wildman–Crippen LogP) is 4.38. The molecule has 1 atom stereocenters. The molecule has 0 amide bonds. The molecule has 0 N–H and O–H groups in total. The lowest BCUT2D eigenvalue weighted by Crippen LogP contribution is -2.14. The van der Waals surface area contributed by atoms with Crippen molar-refractivity contribution in [2.45, 2.75) is 24.1 Å². The quantitative estimate of drug-likeness (QED) is 0.666. The van der Waals surface area contributed by atoms with Gasteiger partial charge in [-0.25, -0.2) is 0 Å². The third kappa shape index (κ3) is 2.70. The first-order chi connectivity index (χ1) is 9.74. The molecule has 2 aromatic carbocycles. The minimum atomic E-state index is 0.199. The van der Waals surface area contributed by atoms with Gasteiger partial charge in [0, 0.05) is 4.90 Å². The molecule has 1 aromatic heterocycles. The summed E-state index contributed by atoms with van der Waals surface area (Å²) >= 11 is 1.80. The molecule has 0 spiro atoms. The fourth-order valence-electron chi connectivity index (χ4n) is 2.08. The highest BCUT2D eigenvalue weighted by Gasteiger charge is 2.19. The van der Waals surface area contributed by atoms with Crippen LogP contribution in [0.3, 0.4) is 0 Å². The van der Waals surface area contributed by atoms with E-state index in [0.29, 0.717) is 5.92 Å². The number of rotatable bonds is 4. The van der Waals surface area contributed by atoms with E-state index in [1.807, 2.05) is 35.1 Å². The molecule has 0 aliphatic carbocycles. The van der Waals surface area contributed by atoms with E-state index in [2.05, 4.69) is 48.3 Å². The van der Waals surface area contributed by atoms with Crippen LogP contribution < -0.4 is 0 Å². The molecule has 0 fully saturated rings. The second kappa shape index (κ2) is 5.67. The van der Waals surface area contributed by atoms with Crippen molar-refractivity contribution in [1.82, 2.24) is 15.0 Å². The van der Waals surface area contributed by atoms with E-state index in [1.165, 1.54) is 4.90 Å². The maximum Gasteiger partial charge on any atom is 0.124 e. The highest BCUT2D eigenvalue weighted by Crippen LogP contribution is 2.35. The van der Waals surface area contributed by atoms with Crippen LogP contribution in [-0.2, 0) is 0 Å². The summed E-state index contributed by atoms with van der Waals surface area (Å²) in [4.78, 5) is 3.10. The molecule has 1 unspecified atom stereocenters. The van der Waals surface area contributed by atoms with Crippen LogP contribution in [-0.4, -0.2) is 15.0 Å². The van der Waals surface area contributed by atoms with E-state index in [-0.39, 0.29) is 5.37 Å². The van der Waals surface area contributed by atoms with Crippen LogP contribution in [0.5, 0.6) is 0 Å². The van der Waals surface area contributed by atoms with E-state index in [4.69, 9.17) is 0 Å². The first-order valence-electron chi connectivity index (χ1n) is 6.77. The Labute approximate surface area is 123 Å². The van der Waals surface area contributed by atoms with Crippen LogP contribution in [0.1, 0.15) is 19.2 Å². The highest BCUT2D eigenvalue weighted by molar-refractivity contribution is 7.99. The molecule has 0 aliphatic rings. The topological polar surface area (TPSA) is 30.7 Å². The lowest BCUT2D eigenvalue weighted by atomic mass is 10.2. The molecule has 0 bridgehead atoms. The molecule has 0 aliphatic heterocycles. The molecule has 3 nitrogen and oxygen atoms in total. The molecule has 0 saturated carbocycles. The van der Waals surface area contributed by atoms with Gasteiger partial charge in [0.2, 0.25) is 0 Å². The number of fused-ring (bicyclic) bond motifs is 1. The summed E-state index contributed by atoms with van der Waals surface area (Å²) in [6, 6.07) is 18.4. The Bertz CT molecular complexity index is 658. The monoisotopic (exact) mass is 283 g/mol. The number of hydrogen-bond donors (Lipinski definition) is 0. The first-order valence-corrected chi connectivity index (χ1v) is 7.65. The van der Waals surface area contributed by atoms with Gasteiger partial charge in [0.05, 0.1) is 0 Å². The van der Waals surface area contributed by atoms with E-state index in [9.17, 15) is 0 Å². The molecule has 0 saturated heterocycles. The third-order valence-electron chi connectivity index (χ3n) is 3.10. The lowest BCUT2D eigenvalue weighted by Gasteiger charge is -2.19. The van der Waals surface area contributed by atoms with Crippen molar-refractivity contribution in [1.29, 1.82) is 0 Å². The third-order valence-corrected chi connectivity index (χ3v) is 4.62. The zero-order valence-corrected chi connectivity index (χ0v) is 12.4. The molecule has 102 valence electrons. The maximum absolute atomic E-state index is 4.62. The Morgan fingerprint density at radius 1 is 0.850 bits per heavy atom. The van der Waals surface area contributed by atoms with Crippen molar-refractivity contribution in [2.24, 2.45) is 5.92 Å². The SMILES string of the molecule is CC(C)C(Sc1ccccc1)n1nc2ccccc2n1. The van der Waals surface area contributed by atoms with E-state index in [1.54, 1.807) is 11.8 Å². The zero-order valence-electron chi connectivity index (χ0n) is 11.6. The summed E-state index contributed by atoms with van der Waals surface area (Å²) in [6.45, 7) is 4.41. The van der Waals surface area contributed by atoms with Gasteiger partial charge in [-0.3, -0.25) is 0 Å². The maximum atomic E-state index is 4.62. The van der Waals surface area contributed by atoms with Crippen LogP contribution in [0.4, 0.5) is 0 Å². The number of aromatic nitrogens is 3. The summed E-state index contributed by atoms with van der Waals surface area (Å²) in [7, 11) is 0. The van der Waals surface area contributed by atoms with Crippen molar-refractivity contribution in [2.75, 3.05) is 0 Å². The molecule has 3 rings (SSSR count). The van der Waals surface area contributed by atoms with Gasteiger partial charge in [0.15, 0.2) is 0 Å². The molecule has 1 heterocycles. The molecule has 3 aromatic rings. The second-order valence-corrected chi connectivity index (χ2v) is 6.26. The standard InChI is InChI=1S/C16H17N3S/c1-12(2)16(20-13-8-4-3-5-9-13)19-17-14-10-6-7-11-15(14)18-19/h3-12,16H,1-2H3. The van der Waals surface area contributed by atoms with Crippen LogP contribution in [0.15, 0.2) is 59.5 Å². The molecule has 20 heavy (non-hydrogen) atoms. The summed E-state index contributed by atoms with van der Waals surface area (Å²) in [5, 5.41) is 9.43. The van der Waals surface area contributed by atoms with Crippen LogP contribution >= 0.6 is 11.8 Å².